The predicted molar refractivity (Wildman–Crippen MR) is 113 cm³/mol. The Morgan fingerprint density at radius 1 is 1.07 bits per heavy atom. The Bertz CT molecular complexity index is 801. The minimum absolute atomic E-state index is 0.0645. The van der Waals surface area contributed by atoms with Crippen molar-refractivity contribution in [2.45, 2.75) is 13.3 Å². The van der Waals surface area contributed by atoms with Crippen molar-refractivity contribution < 1.29 is 14.3 Å². The molecule has 0 atom stereocenters. The summed E-state index contributed by atoms with van der Waals surface area (Å²) in [6, 6.07) is 13.6. The molecule has 0 aromatic heterocycles. The zero-order chi connectivity index (χ0) is 19.9. The second kappa shape index (κ2) is 9.46. The van der Waals surface area contributed by atoms with E-state index in [0.717, 1.165) is 37.4 Å². The molecule has 1 heterocycles. The number of hydrogen-bond donors (Lipinski definition) is 1. The van der Waals surface area contributed by atoms with Gasteiger partial charge in [-0.1, -0.05) is 12.1 Å². The Hall–Kier alpha value is -2.73. The van der Waals surface area contributed by atoms with Gasteiger partial charge in [0.2, 0.25) is 5.91 Å². The van der Waals surface area contributed by atoms with Gasteiger partial charge in [-0.25, -0.2) is 0 Å². The zero-order valence-electron chi connectivity index (χ0n) is 16.9. The van der Waals surface area contributed by atoms with E-state index in [1.807, 2.05) is 37.3 Å². The summed E-state index contributed by atoms with van der Waals surface area (Å²) < 4.78 is 10.9. The molecule has 0 aliphatic carbocycles. The summed E-state index contributed by atoms with van der Waals surface area (Å²) in [7, 11) is 3.75. The van der Waals surface area contributed by atoms with Gasteiger partial charge in [0.05, 0.1) is 20.1 Å². The van der Waals surface area contributed by atoms with Crippen LogP contribution in [0.2, 0.25) is 0 Å². The third-order valence-electron chi connectivity index (χ3n) is 5.01. The lowest BCUT2D eigenvalue weighted by Crippen LogP contribution is -2.44. The number of amides is 1. The number of likely N-dealkylation sites (N-methyl/N-ethyl adjacent to an activating group) is 1. The highest BCUT2D eigenvalue weighted by atomic mass is 16.5. The number of carbonyl (C=O) groups is 1. The molecule has 1 saturated heterocycles. The Kier molecular flexibility index (Phi) is 6.76. The van der Waals surface area contributed by atoms with E-state index in [4.69, 9.17) is 9.47 Å². The van der Waals surface area contributed by atoms with Crippen molar-refractivity contribution in [3.8, 4) is 11.5 Å². The molecule has 1 aliphatic rings. The molecule has 2 aromatic carbocycles. The number of nitrogens with one attached hydrogen (secondary N) is 1. The van der Waals surface area contributed by atoms with Gasteiger partial charge in [0.15, 0.2) is 11.5 Å². The molecule has 6 heteroatoms. The molecular formula is C22H29N3O3. The smallest absolute Gasteiger partial charge is 0.227 e. The standard InChI is InChI=1S/C22H29N3O3/c1-17-16-18(25-13-11-24(2)12-14-25)8-9-19(17)23-22(26)10-15-28-21-7-5-4-6-20(21)27-3/h4-9,16H,10-15H2,1-3H3,(H,23,26). The highest BCUT2D eigenvalue weighted by molar-refractivity contribution is 5.91. The fourth-order valence-corrected chi connectivity index (χ4v) is 3.25. The Morgan fingerprint density at radius 2 is 1.79 bits per heavy atom. The van der Waals surface area contributed by atoms with E-state index < -0.39 is 0 Å². The van der Waals surface area contributed by atoms with Crippen LogP contribution in [0.25, 0.3) is 0 Å². The number of hydrogen-bond acceptors (Lipinski definition) is 5. The van der Waals surface area contributed by atoms with E-state index in [-0.39, 0.29) is 12.3 Å². The van der Waals surface area contributed by atoms with Crippen LogP contribution in [0.4, 0.5) is 11.4 Å². The SMILES string of the molecule is COc1ccccc1OCCC(=O)Nc1ccc(N2CCN(C)CC2)cc1C. The highest BCUT2D eigenvalue weighted by Crippen LogP contribution is 2.26. The Balaban J connectivity index is 1.51. The number of ether oxygens (including phenoxy) is 2. The van der Waals surface area contributed by atoms with E-state index in [2.05, 4.69) is 34.3 Å². The molecule has 6 nitrogen and oxygen atoms in total. The molecule has 2 aromatic rings. The molecule has 1 fully saturated rings. The number of rotatable bonds is 7. The Morgan fingerprint density at radius 3 is 2.46 bits per heavy atom. The average molecular weight is 383 g/mol. The summed E-state index contributed by atoms with van der Waals surface area (Å²) in [5.41, 5.74) is 3.12. The van der Waals surface area contributed by atoms with E-state index in [1.165, 1.54) is 5.69 Å². The molecule has 0 spiro atoms. The quantitative estimate of drug-likeness (QED) is 0.796. The van der Waals surface area contributed by atoms with Crippen molar-refractivity contribution in [2.24, 2.45) is 0 Å². The lowest BCUT2D eigenvalue weighted by molar-refractivity contribution is -0.116. The number of nitrogens with zero attached hydrogens (tertiary/aromatic N) is 2. The van der Waals surface area contributed by atoms with Gasteiger partial charge in [-0.2, -0.15) is 0 Å². The van der Waals surface area contributed by atoms with Crippen molar-refractivity contribution in [1.82, 2.24) is 4.90 Å². The lowest BCUT2D eigenvalue weighted by Gasteiger charge is -2.34. The van der Waals surface area contributed by atoms with Crippen molar-refractivity contribution in [2.75, 3.05) is 57.2 Å². The van der Waals surface area contributed by atoms with Crippen LogP contribution in [-0.4, -0.2) is 57.8 Å². The first-order chi connectivity index (χ1) is 13.6. The number of methoxy groups -OCH3 is 1. The summed E-state index contributed by atoms with van der Waals surface area (Å²) in [4.78, 5) is 17.0. The molecule has 150 valence electrons. The average Bonchev–Trinajstić information content (AvgIpc) is 2.70. The normalized spacial score (nSPS) is 14.6. The van der Waals surface area contributed by atoms with Crippen LogP contribution in [0.5, 0.6) is 11.5 Å². The van der Waals surface area contributed by atoms with Gasteiger partial charge < -0.3 is 24.6 Å². The lowest BCUT2D eigenvalue weighted by atomic mass is 10.1. The summed E-state index contributed by atoms with van der Waals surface area (Å²) >= 11 is 0. The maximum atomic E-state index is 12.3. The molecule has 1 amide bonds. The topological polar surface area (TPSA) is 54.0 Å². The van der Waals surface area contributed by atoms with Gasteiger partial charge in [0.25, 0.3) is 0 Å². The number of aryl methyl sites for hydroxylation is 1. The maximum absolute atomic E-state index is 12.3. The van der Waals surface area contributed by atoms with E-state index >= 15 is 0 Å². The first-order valence-corrected chi connectivity index (χ1v) is 9.66. The van der Waals surface area contributed by atoms with Gasteiger partial charge in [-0.3, -0.25) is 4.79 Å². The minimum Gasteiger partial charge on any atom is -0.493 e. The highest BCUT2D eigenvalue weighted by Gasteiger charge is 2.15. The first kappa shape index (κ1) is 20.0. The molecular weight excluding hydrogens is 354 g/mol. The molecule has 0 bridgehead atoms. The largest absolute Gasteiger partial charge is 0.493 e. The zero-order valence-corrected chi connectivity index (χ0v) is 16.9. The van der Waals surface area contributed by atoms with Crippen molar-refractivity contribution >= 4 is 17.3 Å². The minimum atomic E-state index is -0.0645. The fourth-order valence-electron chi connectivity index (χ4n) is 3.25. The van der Waals surface area contributed by atoms with Crippen LogP contribution in [0.15, 0.2) is 42.5 Å². The van der Waals surface area contributed by atoms with Crippen LogP contribution in [-0.2, 0) is 4.79 Å². The van der Waals surface area contributed by atoms with Crippen LogP contribution in [0.3, 0.4) is 0 Å². The summed E-state index contributed by atoms with van der Waals surface area (Å²) in [5.74, 6) is 1.24. The third kappa shape index (κ3) is 5.16. The van der Waals surface area contributed by atoms with E-state index in [9.17, 15) is 4.79 Å². The van der Waals surface area contributed by atoms with Crippen LogP contribution in [0, 0.1) is 6.92 Å². The van der Waals surface area contributed by atoms with Gasteiger partial charge >= 0.3 is 0 Å². The number of piperazine rings is 1. The summed E-state index contributed by atoms with van der Waals surface area (Å²) in [5, 5.41) is 2.99. The van der Waals surface area contributed by atoms with Gasteiger partial charge in [0, 0.05) is 37.6 Å². The van der Waals surface area contributed by atoms with Crippen LogP contribution < -0.4 is 19.7 Å². The molecule has 3 rings (SSSR count). The maximum Gasteiger partial charge on any atom is 0.227 e. The molecule has 1 aliphatic heterocycles. The van der Waals surface area contributed by atoms with Crippen LogP contribution in [0.1, 0.15) is 12.0 Å². The van der Waals surface area contributed by atoms with Gasteiger partial charge in [0.1, 0.15) is 0 Å². The number of para-hydroxylation sites is 2. The fraction of sp³-hybridized carbons (Fsp3) is 0.409. The number of carbonyl (C=O) groups excluding carboxylic acids is 1. The van der Waals surface area contributed by atoms with E-state index in [0.29, 0.717) is 18.1 Å². The number of anilines is 2. The van der Waals surface area contributed by atoms with Crippen molar-refractivity contribution in [1.29, 1.82) is 0 Å². The van der Waals surface area contributed by atoms with E-state index in [1.54, 1.807) is 7.11 Å². The molecule has 0 radical (unpaired) electrons. The second-order valence-corrected chi connectivity index (χ2v) is 7.09. The summed E-state index contributed by atoms with van der Waals surface area (Å²) in [6.07, 6.45) is 0.275. The van der Waals surface area contributed by atoms with Crippen molar-refractivity contribution in [3.05, 3.63) is 48.0 Å². The molecule has 28 heavy (non-hydrogen) atoms. The Labute approximate surface area is 167 Å². The third-order valence-corrected chi connectivity index (χ3v) is 5.01. The first-order valence-electron chi connectivity index (χ1n) is 9.66. The molecule has 1 N–H and O–H groups in total. The van der Waals surface area contributed by atoms with Gasteiger partial charge in [-0.15, -0.1) is 0 Å². The number of benzene rings is 2. The molecule has 0 saturated carbocycles. The second-order valence-electron chi connectivity index (χ2n) is 7.09. The molecule has 0 unspecified atom stereocenters. The van der Waals surface area contributed by atoms with Gasteiger partial charge in [-0.05, 0) is 49.9 Å². The monoisotopic (exact) mass is 383 g/mol. The predicted octanol–water partition coefficient (Wildman–Crippen LogP) is 3.16. The summed E-state index contributed by atoms with van der Waals surface area (Å²) in [6.45, 7) is 6.53. The van der Waals surface area contributed by atoms with Crippen LogP contribution >= 0.6 is 0 Å². The van der Waals surface area contributed by atoms with Crippen molar-refractivity contribution in [3.63, 3.8) is 0 Å².